The van der Waals surface area contributed by atoms with Crippen LogP contribution >= 0.6 is 11.3 Å². The van der Waals surface area contributed by atoms with Crippen molar-refractivity contribution in [3.8, 4) is 0 Å². The van der Waals surface area contributed by atoms with Crippen LogP contribution in [0, 0.1) is 5.92 Å². The van der Waals surface area contributed by atoms with Crippen molar-refractivity contribution in [3.63, 3.8) is 0 Å². The van der Waals surface area contributed by atoms with Gasteiger partial charge in [0.15, 0.2) is 6.29 Å². The van der Waals surface area contributed by atoms with Gasteiger partial charge in [-0.15, -0.1) is 11.3 Å². The second-order valence-corrected chi connectivity index (χ2v) is 5.82. The monoisotopic (exact) mass is 257 g/mol. The number of thiophene rings is 1. The first-order valence-corrected chi connectivity index (χ1v) is 7.05. The number of carbonyl (C=O) groups excluding carboxylic acids is 1. The maximum absolute atomic E-state index is 10.8. The quantitative estimate of drug-likeness (QED) is 0.761. The third-order valence-electron chi connectivity index (χ3n) is 3.38. The summed E-state index contributed by atoms with van der Waals surface area (Å²) in [5, 5.41) is 2.07. The van der Waals surface area contributed by atoms with Crippen LogP contribution in [0.25, 0.3) is 0 Å². The van der Waals surface area contributed by atoms with Gasteiger partial charge in [0.1, 0.15) is 0 Å². The lowest BCUT2D eigenvalue weighted by Crippen LogP contribution is -2.30. The Bertz CT molecular complexity index is 575. The smallest absolute Gasteiger partial charge is 0.160 e. The maximum Gasteiger partial charge on any atom is 0.160 e. The molecule has 1 aliphatic rings. The van der Waals surface area contributed by atoms with Crippen LogP contribution in [0.3, 0.4) is 0 Å². The summed E-state index contributed by atoms with van der Waals surface area (Å²) in [6, 6.07) is 10.5. The second-order valence-electron chi connectivity index (χ2n) is 4.87. The van der Waals surface area contributed by atoms with E-state index in [9.17, 15) is 4.79 Å². The normalized spacial score (nSPS) is 18.5. The molecule has 0 radical (unpaired) electrons. The van der Waals surface area contributed by atoms with Crippen molar-refractivity contribution in [2.75, 3.05) is 11.4 Å². The third kappa shape index (κ3) is 1.95. The highest BCUT2D eigenvalue weighted by atomic mass is 32.1. The molecule has 1 aromatic heterocycles. The molecule has 0 aliphatic carbocycles. The number of fused-ring (bicyclic) bond motifs is 1. The molecule has 0 spiro atoms. The van der Waals surface area contributed by atoms with E-state index in [4.69, 9.17) is 0 Å². The Hall–Kier alpha value is -1.61. The first-order valence-electron chi connectivity index (χ1n) is 6.17. The van der Waals surface area contributed by atoms with Crippen LogP contribution in [0.1, 0.15) is 22.2 Å². The molecular formula is C15H15NOS. The van der Waals surface area contributed by atoms with E-state index in [0.29, 0.717) is 5.92 Å². The summed E-state index contributed by atoms with van der Waals surface area (Å²) in [5.74, 6) is 0.638. The molecule has 3 rings (SSSR count). The number of rotatable bonds is 2. The van der Waals surface area contributed by atoms with Crippen molar-refractivity contribution in [1.82, 2.24) is 0 Å². The van der Waals surface area contributed by atoms with E-state index in [-0.39, 0.29) is 0 Å². The van der Waals surface area contributed by atoms with E-state index in [0.717, 1.165) is 29.8 Å². The Morgan fingerprint density at radius 3 is 3.00 bits per heavy atom. The standard InChI is InChI=1S/C15H15NOS/c1-11-6-12-4-2-3-5-15(12)16(8-11)13-7-14(9-17)18-10-13/h2-5,7,9-11H,6,8H2,1H3. The van der Waals surface area contributed by atoms with Crippen LogP contribution in [0.5, 0.6) is 0 Å². The summed E-state index contributed by atoms with van der Waals surface area (Å²) in [6.07, 6.45) is 2.06. The maximum atomic E-state index is 10.8. The van der Waals surface area contributed by atoms with Gasteiger partial charge in [-0.1, -0.05) is 25.1 Å². The minimum atomic E-state index is 0.638. The number of benzene rings is 1. The van der Waals surface area contributed by atoms with E-state index in [1.165, 1.54) is 22.6 Å². The van der Waals surface area contributed by atoms with Crippen molar-refractivity contribution < 1.29 is 4.79 Å². The Kier molecular flexibility index (Phi) is 2.92. The minimum absolute atomic E-state index is 0.638. The fourth-order valence-electron chi connectivity index (χ4n) is 2.59. The molecule has 0 saturated heterocycles. The van der Waals surface area contributed by atoms with Gasteiger partial charge in [-0.2, -0.15) is 0 Å². The summed E-state index contributed by atoms with van der Waals surface area (Å²) in [6.45, 7) is 3.29. The lowest BCUT2D eigenvalue weighted by molar-refractivity contribution is 0.112. The molecule has 0 saturated carbocycles. The van der Waals surface area contributed by atoms with E-state index in [1.54, 1.807) is 0 Å². The molecule has 2 heterocycles. The Labute approximate surface area is 111 Å². The van der Waals surface area contributed by atoms with Crippen molar-refractivity contribution in [1.29, 1.82) is 0 Å². The van der Waals surface area contributed by atoms with Crippen molar-refractivity contribution in [2.24, 2.45) is 5.92 Å². The van der Waals surface area contributed by atoms with E-state index in [1.807, 2.05) is 6.07 Å². The lowest BCUT2D eigenvalue weighted by atomic mass is 9.94. The van der Waals surface area contributed by atoms with Crippen LogP contribution in [0.2, 0.25) is 0 Å². The fraction of sp³-hybridized carbons (Fsp3) is 0.267. The summed E-state index contributed by atoms with van der Waals surface area (Å²) in [5.41, 5.74) is 3.82. The van der Waals surface area contributed by atoms with Gasteiger partial charge in [0.2, 0.25) is 0 Å². The minimum Gasteiger partial charge on any atom is -0.340 e. The number of anilines is 2. The zero-order valence-corrected chi connectivity index (χ0v) is 11.1. The average Bonchev–Trinajstić information content (AvgIpc) is 2.86. The number of carbonyl (C=O) groups is 1. The van der Waals surface area contributed by atoms with Crippen LogP contribution in [0.15, 0.2) is 35.7 Å². The highest BCUT2D eigenvalue weighted by molar-refractivity contribution is 7.12. The number of hydrogen-bond acceptors (Lipinski definition) is 3. The molecule has 1 unspecified atom stereocenters. The molecule has 2 aromatic rings. The summed E-state index contributed by atoms with van der Waals surface area (Å²) < 4.78 is 0. The number of nitrogens with zero attached hydrogens (tertiary/aromatic N) is 1. The van der Waals surface area contributed by atoms with Gasteiger partial charge in [-0.25, -0.2) is 0 Å². The van der Waals surface area contributed by atoms with Gasteiger partial charge in [0.25, 0.3) is 0 Å². The predicted octanol–water partition coefficient (Wildman–Crippen LogP) is 3.89. The summed E-state index contributed by atoms with van der Waals surface area (Å²) in [7, 11) is 0. The zero-order chi connectivity index (χ0) is 12.5. The number of aldehydes is 1. The molecule has 92 valence electrons. The average molecular weight is 257 g/mol. The highest BCUT2D eigenvalue weighted by Crippen LogP contribution is 2.36. The Morgan fingerprint density at radius 1 is 1.39 bits per heavy atom. The van der Waals surface area contributed by atoms with Crippen molar-refractivity contribution in [2.45, 2.75) is 13.3 Å². The topological polar surface area (TPSA) is 20.3 Å². The largest absolute Gasteiger partial charge is 0.340 e. The molecule has 2 nitrogen and oxygen atoms in total. The van der Waals surface area contributed by atoms with Gasteiger partial charge >= 0.3 is 0 Å². The van der Waals surface area contributed by atoms with Crippen molar-refractivity contribution in [3.05, 3.63) is 46.2 Å². The van der Waals surface area contributed by atoms with Crippen molar-refractivity contribution >= 4 is 29.0 Å². The van der Waals surface area contributed by atoms with Gasteiger partial charge in [-0.3, -0.25) is 4.79 Å². The third-order valence-corrected chi connectivity index (χ3v) is 4.22. The molecule has 1 aliphatic heterocycles. The summed E-state index contributed by atoms with van der Waals surface area (Å²) in [4.78, 5) is 13.9. The second kappa shape index (κ2) is 4.58. The van der Waals surface area contributed by atoms with Gasteiger partial charge in [0.05, 0.1) is 10.6 Å². The fourth-order valence-corrected chi connectivity index (χ4v) is 3.28. The molecular weight excluding hydrogens is 242 g/mol. The SMILES string of the molecule is CC1Cc2ccccc2N(c2csc(C=O)c2)C1. The number of hydrogen-bond donors (Lipinski definition) is 0. The van der Waals surface area contributed by atoms with Crippen LogP contribution in [-0.4, -0.2) is 12.8 Å². The van der Waals surface area contributed by atoms with E-state index < -0.39 is 0 Å². The molecule has 0 bridgehead atoms. The predicted molar refractivity (Wildman–Crippen MR) is 76.0 cm³/mol. The molecule has 1 atom stereocenters. The molecule has 18 heavy (non-hydrogen) atoms. The summed E-state index contributed by atoms with van der Waals surface area (Å²) >= 11 is 1.51. The lowest BCUT2D eigenvalue weighted by Gasteiger charge is -2.34. The van der Waals surface area contributed by atoms with Gasteiger partial charge in [-0.05, 0) is 30.0 Å². The first-order chi connectivity index (χ1) is 8.78. The zero-order valence-electron chi connectivity index (χ0n) is 10.3. The molecule has 0 amide bonds. The molecule has 3 heteroatoms. The van der Waals surface area contributed by atoms with E-state index >= 15 is 0 Å². The highest BCUT2D eigenvalue weighted by Gasteiger charge is 2.22. The Morgan fingerprint density at radius 2 is 2.22 bits per heavy atom. The number of para-hydroxylation sites is 1. The molecule has 0 fully saturated rings. The molecule has 0 N–H and O–H groups in total. The van der Waals surface area contributed by atoms with Crippen LogP contribution in [0.4, 0.5) is 11.4 Å². The van der Waals surface area contributed by atoms with Crippen LogP contribution in [-0.2, 0) is 6.42 Å². The van der Waals surface area contributed by atoms with Gasteiger partial charge in [0, 0.05) is 17.6 Å². The van der Waals surface area contributed by atoms with Gasteiger partial charge < -0.3 is 4.90 Å². The van der Waals surface area contributed by atoms with Crippen LogP contribution < -0.4 is 4.90 Å². The first kappa shape index (κ1) is 11.5. The Balaban J connectivity index is 2.04. The molecule has 1 aromatic carbocycles. The van der Waals surface area contributed by atoms with E-state index in [2.05, 4.69) is 41.5 Å².